The summed E-state index contributed by atoms with van der Waals surface area (Å²) in [5.74, 6) is 2.67. The van der Waals surface area contributed by atoms with Gasteiger partial charge in [-0.2, -0.15) is 0 Å². The summed E-state index contributed by atoms with van der Waals surface area (Å²) in [6.45, 7) is 4.70. The Balaban J connectivity index is 1.32. The number of ether oxygens (including phenoxy) is 2. The molecule has 0 saturated carbocycles. The van der Waals surface area contributed by atoms with E-state index < -0.39 is 0 Å². The zero-order valence-corrected chi connectivity index (χ0v) is 20.7. The smallest absolute Gasteiger partial charge is 0.274 e. The Morgan fingerprint density at radius 1 is 0.914 bits per heavy atom. The van der Waals surface area contributed by atoms with E-state index in [1.54, 1.807) is 14.2 Å². The SMILES string of the molecule is COc1ccc(OC)c(CN2CCN(C(=O)c3nc(-c4ccccc4)n4c3CCCCC4)CC2)c1. The third-order valence-electron chi connectivity index (χ3n) is 7.14. The lowest BCUT2D eigenvalue weighted by atomic mass is 10.1. The van der Waals surface area contributed by atoms with Crippen molar-refractivity contribution in [3.05, 3.63) is 65.5 Å². The van der Waals surface area contributed by atoms with E-state index in [9.17, 15) is 4.79 Å². The number of carbonyl (C=O) groups excluding carboxylic acids is 1. The molecule has 3 heterocycles. The van der Waals surface area contributed by atoms with Crippen LogP contribution >= 0.6 is 0 Å². The Bertz CT molecular complexity index is 1170. The third kappa shape index (κ3) is 4.91. The van der Waals surface area contributed by atoms with Crippen molar-refractivity contribution in [2.45, 2.75) is 38.8 Å². The second kappa shape index (κ2) is 10.5. The van der Waals surface area contributed by atoms with Gasteiger partial charge in [0.15, 0.2) is 0 Å². The Kier molecular flexibility index (Phi) is 7.04. The maximum Gasteiger partial charge on any atom is 0.274 e. The summed E-state index contributed by atoms with van der Waals surface area (Å²) < 4.78 is 13.2. The highest BCUT2D eigenvalue weighted by molar-refractivity contribution is 5.94. The van der Waals surface area contributed by atoms with Crippen LogP contribution < -0.4 is 9.47 Å². The number of methoxy groups -OCH3 is 2. The Morgan fingerprint density at radius 2 is 1.71 bits per heavy atom. The first-order chi connectivity index (χ1) is 17.2. The summed E-state index contributed by atoms with van der Waals surface area (Å²) in [4.78, 5) is 22.9. The van der Waals surface area contributed by atoms with E-state index >= 15 is 0 Å². The predicted molar refractivity (Wildman–Crippen MR) is 136 cm³/mol. The standard InChI is InChI=1S/C28H34N4O3/c1-34-23-12-13-25(35-2)22(19-23)20-30-15-17-31(18-16-30)28(33)26-24-11-7-4-8-14-32(24)27(29-26)21-9-5-3-6-10-21/h3,5-6,9-10,12-13,19H,4,7-8,11,14-18,20H2,1-2H3. The van der Waals surface area contributed by atoms with Crippen LogP contribution in [0.5, 0.6) is 11.5 Å². The van der Waals surface area contributed by atoms with Crippen LogP contribution in [0, 0.1) is 0 Å². The molecule has 0 bridgehead atoms. The molecule has 184 valence electrons. The summed E-state index contributed by atoms with van der Waals surface area (Å²) in [6.07, 6.45) is 4.34. The summed E-state index contributed by atoms with van der Waals surface area (Å²) >= 11 is 0. The van der Waals surface area contributed by atoms with Crippen molar-refractivity contribution in [2.24, 2.45) is 0 Å². The maximum atomic E-state index is 13.7. The molecule has 5 rings (SSSR count). The molecule has 0 atom stereocenters. The van der Waals surface area contributed by atoms with E-state index in [0.717, 1.165) is 79.6 Å². The lowest BCUT2D eigenvalue weighted by molar-refractivity contribution is 0.0621. The molecule has 0 spiro atoms. The van der Waals surface area contributed by atoms with E-state index in [0.29, 0.717) is 18.8 Å². The van der Waals surface area contributed by atoms with E-state index in [-0.39, 0.29) is 5.91 Å². The van der Waals surface area contributed by atoms with Crippen molar-refractivity contribution in [1.29, 1.82) is 0 Å². The minimum Gasteiger partial charge on any atom is -0.497 e. The van der Waals surface area contributed by atoms with Crippen molar-refractivity contribution in [2.75, 3.05) is 40.4 Å². The summed E-state index contributed by atoms with van der Waals surface area (Å²) in [6, 6.07) is 16.1. The van der Waals surface area contributed by atoms with Gasteiger partial charge in [0.2, 0.25) is 0 Å². The van der Waals surface area contributed by atoms with E-state index in [1.165, 1.54) is 6.42 Å². The predicted octanol–water partition coefficient (Wildman–Crippen LogP) is 4.25. The van der Waals surface area contributed by atoms with Gasteiger partial charge in [0.1, 0.15) is 23.0 Å². The first kappa shape index (κ1) is 23.4. The third-order valence-corrected chi connectivity index (χ3v) is 7.14. The number of piperazine rings is 1. The molecule has 1 amide bonds. The van der Waals surface area contributed by atoms with Gasteiger partial charge in [-0.3, -0.25) is 9.69 Å². The molecule has 1 aromatic heterocycles. The Labute approximate surface area is 207 Å². The molecule has 0 radical (unpaired) electrons. The van der Waals surface area contributed by atoms with Crippen LogP contribution in [0.1, 0.15) is 41.0 Å². The van der Waals surface area contributed by atoms with Gasteiger partial charge in [-0.05, 0) is 37.5 Å². The summed E-state index contributed by atoms with van der Waals surface area (Å²) in [7, 11) is 3.37. The number of rotatable bonds is 6. The van der Waals surface area contributed by atoms with Gasteiger partial charge in [0.05, 0.1) is 19.9 Å². The van der Waals surface area contributed by atoms with Crippen LogP contribution in [-0.2, 0) is 19.5 Å². The summed E-state index contributed by atoms with van der Waals surface area (Å²) in [5, 5.41) is 0. The average Bonchev–Trinajstić information content (AvgIpc) is 3.09. The first-order valence-electron chi connectivity index (χ1n) is 12.6. The topological polar surface area (TPSA) is 59.8 Å². The zero-order chi connectivity index (χ0) is 24.2. The van der Waals surface area contributed by atoms with Crippen LogP contribution in [0.25, 0.3) is 11.4 Å². The number of hydrogen-bond acceptors (Lipinski definition) is 5. The number of aromatic nitrogens is 2. The second-order valence-corrected chi connectivity index (χ2v) is 9.31. The summed E-state index contributed by atoms with van der Waals surface area (Å²) in [5.41, 5.74) is 3.92. The lowest BCUT2D eigenvalue weighted by Gasteiger charge is -2.34. The minimum absolute atomic E-state index is 0.0662. The highest BCUT2D eigenvalue weighted by atomic mass is 16.5. The molecule has 0 aliphatic carbocycles. The molecule has 7 heteroatoms. The highest BCUT2D eigenvalue weighted by Gasteiger charge is 2.29. The lowest BCUT2D eigenvalue weighted by Crippen LogP contribution is -2.48. The van der Waals surface area contributed by atoms with Gasteiger partial charge >= 0.3 is 0 Å². The Hall–Kier alpha value is -3.32. The molecule has 0 unspecified atom stereocenters. The largest absolute Gasteiger partial charge is 0.497 e. The molecule has 3 aromatic rings. The van der Waals surface area contributed by atoms with Crippen LogP contribution in [0.2, 0.25) is 0 Å². The van der Waals surface area contributed by atoms with E-state index in [1.807, 2.05) is 41.3 Å². The molecule has 0 N–H and O–H groups in total. The second-order valence-electron chi connectivity index (χ2n) is 9.31. The molecule has 1 saturated heterocycles. The number of nitrogens with zero attached hydrogens (tertiary/aromatic N) is 4. The molecule has 35 heavy (non-hydrogen) atoms. The van der Waals surface area contributed by atoms with Crippen LogP contribution in [-0.4, -0.2) is 65.7 Å². The highest BCUT2D eigenvalue weighted by Crippen LogP contribution is 2.29. The van der Waals surface area contributed by atoms with Crippen molar-refractivity contribution >= 4 is 5.91 Å². The van der Waals surface area contributed by atoms with Crippen LogP contribution in [0.4, 0.5) is 0 Å². The van der Waals surface area contributed by atoms with Crippen molar-refractivity contribution in [1.82, 2.24) is 19.4 Å². The molecule has 7 nitrogen and oxygen atoms in total. The van der Waals surface area contributed by atoms with Crippen molar-refractivity contribution in [3.8, 4) is 22.9 Å². The molecule has 2 aliphatic rings. The monoisotopic (exact) mass is 474 g/mol. The van der Waals surface area contributed by atoms with Gasteiger partial charge in [0.25, 0.3) is 5.91 Å². The van der Waals surface area contributed by atoms with Gasteiger partial charge in [0, 0.05) is 50.4 Å². The number of benzene rings is 2. The molecular formula is C28H34N4O3. The number of imidazole rings is 1. The number of carbonyl (C=O) groups is 1. The molecular weight excluding hydrogens is 440 g/mol. The van der Waals surface area contributed by atoms with Crippen LogP contribution in [0.15, 0.2) is 48.5 Å². The van der Waals surface area contributed by atoms with Crippen molar-refractivity contribution < 1.29 is 14.3 Å². The van der Waals surface area contributed by atoms with Crippen molar-refractivity contribution in [3.63, 3.8) is 0 Å². The van der Waals surface area contributed by atoms with Gasteiger partial charge in [-0.1, -0.05) is 36.8 Å². The maximum absolute atomic E-state index is 13.7. The Morgan fingerprint density at radius 3 is 2.46 bits per heavy atom. The number of fused-ring (bicyclic) bond motifs is 1. The molecule has 2 aliphatic heterocycles. The molecule has 1 fully saturated rings. The van der Waals surface area contributed by atoms with Crippen LogP contribution in [0.3, 0.4) is 0 Å². The first-order valence-corrected chi connectivity index (χ1v) is 12.6. The van der Waals surface area contributed by atoms with Gasteiger partial charge in [-0.15, -0.1) is 0 Å². The average molecular weight is 475 g/mol. The van der Waals surface area contributed by atoms with E-state index in [4.69, 9.17) is 14.5 Å². The van der Waals surface area contributed by atoms with Gasteiger partial charge in [-0.25, -0.2) is 4.98 Å². The fourth-order valence-electron chi connectivity index (χ4n) is 5.20. The number of hydrogen-bond donors (Lipinski definition) is 0. The fraction of sp³-hybridized carbons (Fsp3) is 0.429. The quantitative estimate of drug-likeness (QED) is 0.535. The van der Waals surface area contributed by atoms with E-state index in [2.05, 4.69) is 21.6 Å². The zero-order valence-electron chi connectivity index (χ0n) is 20.7. The fourth-order valence-corrected chi connectivity index (χ4v) is 5.20. The van der Waals surface area contributed by atoms with Gasteiger partial charge < -0.3 is 18.9 Å². The minimum atomic E-state index is 0.0662. The molecule has 2 aromatic carbocycles. The normalized spacial score (nSPS) is 16.5. The number of amides is 1.